The molecule has 31 heavy (non-hydrogen) atoms. The number of carboxylic acids is 1. The molecule has 1 atom stereocenters. The number of benzene rings is 2. The summed E-state index contributed by atoms with van der Waals surface area (Å²) in [5.41, 5.74) is 4.56. The first-order valence-corrected chi connectivity index (χ1v) is 10.9. The number of hydrogen-bond donors (Lipinski definition) is 2. The summed E-state index contributed by atoms with van der Waals surface area (Å²) in [6, 6.07) is 15.3. The molecule has 4 rings (SSSR count). The van der Waals surface area contributed by atoms with Gasteiger partial charge in [-0.2, -0.15) is 0 Å². The Hall–Kier alpha value is -2.86. The lowest BCUT2D eigenvalue weighted by Gasteiger charge is -2.29. The van der Waals surface area contributed by atoms with Crippen molar-refractivity contribution in [2.24, 2.45) is 5.92 Å². The molecule has 2 N–H and O–H groups in total. The monoisotopic (exact) mass is 423 g/mol. The molecule has 0 unspecified atom stereocenters. The van der Waals surface area contributed by atoms with Gasteiger partial charge < -0.3 is 19.9 Å². The van der Waals surface area contributed by atoms with Crippen molar-refractivity contribution in [1.29, 1.82) is 0 Å². The number of nitrogens with one attached hydrogen (secondary N) is 1. The number of amides is 1. The third-order valence-corrected chi connectivity index (χ3v) is 6.63. The minimum absolute atomic E-state index is 0.0502. The number of carbonyl (C=O) groups excluding carboxylic acids is 1. The van der Waals surface area contributed by atoms with Gasteiger partial charge in [-0.1, -0.05) is 48.5 Å². The van der Waals surface area contributed by atoms with Crippen LogP contribution >= 0.6 is 0 Å². The second-order valence-electron chi connectivity index (χ2n) is 8.47. The number of hydrogen-bond acceptors (Lipinski definition) is 4. The summed E-state index contributed by atoms with van der Waals surface area (Å²) in [5.74, 6) is -0.811. The summed E-state index contributed by atoms with van der Waals surface area (Å²) in [7, 11) is 1.71. The molecule has 0 heterocycles. The van der Waals surface area contributed by atoms with Crippen molar-refractivity contribution in [3.63, 3.8) is 0 Å². The predicted molar refractivity (Wildman–Crippen MR) is 117 cm³/mol. The lowest BCUT2D eigenvalue weighted by atomic mass is 9.83. The Balaban J connectivity index is 1.35. The summed E-state index contributed by atoms with van der Waals surface area (Å²) < 4.78 is 10.9. The fraction of sp³-hybridized carbons (Fsp3) is 0.440. The highest BCUT2D eigenvalue weighted by Crippen LogP contribution is 2.44. The molecule has 2 aromatic carbocycles. The van der Waals surface area contributed by atoms with Gasteiger partial charge >= 0.3 is 12.1 Å². The molecule has 0 spiro atoms. The van der Waals surface area contributed by atoms with Gasteiger partial charge in [0.2, 0.25) is 0 Å². The number of carbonyl (C=O) groups is 2. The second-order valence-corrected chi connectivity index (χ2v) is 8.47. The van der Waals surface area contributed by atoms with Gasteiger partial charge in [0.1, 0.15) is 12.6 Å². The van der Waals surface area contributed by atoms with Crippen molar-refractivity contribution in [1.82, 2.24) is 5.32 Å². The minimum atomic E-state index is -1.03. The smallest absolute Gasteiger partial charge is 0.407 e. The van der Waals surface area contributed by atoms with E-state index in [0.717, 1.165) is 47.9 Å². The van der Waals surface area contributed by atoms with Crippen LogP contribution in [-0.4, -0.2) is 43.0 Å². The number of aliphatic carboxylic acids is 1. The molecular weight excluding hydrogens is 394 g/mol. The van der Waals surface area contributed by atoms with Crippen molar-refractivity contribution in [3.8, 4) is 11.1 Å². The predicted octanol–water partition coefficient (Wildman–Crippen LogP) is 4.57. The SMILES string of the molecule is CO[C@H]1CC[C@H](C[C@H](NC(=O)OCC2c3ccccc3-c3ccccc32)C(=O)O)CC1. The Morgan fingerprint density at radius 2 is 1.58 bits per heavy atom. The van der Waals surface area contributed by atoms with E-state index in [-0.39, 0.29) is 24.5 Å². The molecule has 0 aromatic heterocycles. The van der Waals surface area contributed by atoms with Crippen LogP contribution in [0.2, 0.25) is 0 Å². The van der Waals surface area contributed by atoms with E-state index in [2.05, 4.69) is 29.6 Å². The van der Waals surface area contributed by atoms with E-state index >= 15 is 0 Å². The van der Waals surface area contributed by atoms with Gasteiger partial charge in [-0.15, -0.1) is 0 Å². The molecule has 1 saturated carbocycles. The standard InChI is InChI=1S/C25H29NO5/c1-30-17-12-10-16(11-13-17)14-23(24(27)28)26-25(29)31-15-22-20-8-4-2-6-18(20)19-7-3-5-9-21(19)22/h2-9,16-17,22-23H,10-15H2,1H3,(H,26,29)(H,27,28)/t16-,17-,23-/m0/s1. The van der Waals surface area contributed by atoms with Crippen molar-refractivity contribution < 1.29 is 24.2 Å². The third kappa shape index (κ3) is 4.74. The molecule has 0 aliphatic heterocycles. The van der Waals surface area contributed by atoms with E-state index in [1.54, 1.807) is 7.11 Å². The molecule has 0 bridgehead atoms. The summed E-state index contributed by atoms with van der Waals surface area (Å²) in [5, 5.41) is 12.2. The highest BCUT2D eigenvalue weighted by molar-refractivity contribution is 5.81. The van der Waals surface area contributed by atoms with Crippen molar-refractivity contribution in [3.05, 3.63) is 59.7 Å². The Morgan fingerprint density at radius 3 is 2.13 bits per heavy atom. The molecule has 2 aliphatic rings. The summed E-state index contributed by atoms with van der Waals surface area (Å²) in [6.45, 7) is 0.172. The van der Waals surface area contributed by atoms with Gasteiger partial charge in [0, 0.05) is 13.0 Å². The average molecular weight is 424 g/mol. The van der Waals surface area contributed by atoms with Crippen LogP contribution in [-0.2, 0) is 14.3 Å². The highest BCUT2D eigenvalue weighted by Gasteiger charge is 2.31. The highest BCUT2D eigenvalue weighted by atomic mass is 16.5. The van der Waals surface area contributed by atoms with E-state index in [1.807, 2.05) is 24.3 Å². The summed E-state index contributed by atoms with van der Waals surface area (Å²) >= 11 is 0. The maximum atomic E-state index is 12.5. The molecule has 1 fully saturated rings. The van der Waals surface area contributed by atoms with Crippen LogP contribution in [0.25, 0.3) is 11.1 Å². The van der Waals surface area contributed by atoms with E-state index in [9.17, 15) is 14.7 Å². The summed E-state index contributed by atoms with van der Waals surface area (Å²) in [6.07, 6.45) is 3.67. The van der Waals surface area contributed by atoms with Crippen LogP contribution in [0.15, 0.2) is 48.5 Å². The molecule has 6 nitrogen and oxygen atoms in total. The van der Waals surface area contributed by atoms with E-state index in [4.69, 9.17) is 9.47 Å². The topological polar surface area (TPSA) is 84.9 Å². The van der Waals surface area contributed by atoms with Gasteiger partial charge in [-0.05, 0) is 60.3 Å². The van der Waals surface area contributed by atoms with E-state index in [0.29, 0.717) is 6.42 Å². The van der Waals surface area contributed by atoms with Gasteiger partial charge in [0.05, 0.1) is 6.10 Å². The fourth-order valence-electron chi connectivity index (χ4n) is 4.94. The molecule has 2 aromatic rings. The van der Waals surface area contributed by atoms with E-state index < -0.39 is 18.1 Å². The number of fused-ring (bicyclic) bond motifs is 3. The number of methoxy groups -OCH3 is 1. The number of ether oxygens (including phenoxy) is 2. The number of carboxylic acid groups (broad SMARTS) is 1. The van der Waals surface area contributed by atoms with Crippen LogP contribution in [0, 0.1) is 5.92 Å². The number of rotatable bonds is 7. The maximum Gasteiger partial charge on any atom is 0.407 e. The van der Waals surface area contributed by atoms with Crippen molar-refractivity contribution in [2.75, 3.05) is 13.7 Å². The molecule has 6 heteroatoms. The van der Waals surface area contributed by atoms with Gasteiger partial charge in [-0.25, -0.2) is 9.59 Å². The lowest BCUT2D eigenvalue weighted by molar-refractivity contribution is -0.140. The zero-order chi connectivity index (χ0) is 21.8. The van der Waals surface area contributed by atoms with Crippen molar-refractivity contribution >= 4 is 12.1 Å². The van der Waals surface area contributed by atoms with Crippen LogP contribution in [0.3, 0.4) is 0 Å². The summed E-state index contributed by atoms with van der Waals surface area (Å²) in [4.78, 5) is 24.2. The second kappa shape index (κ2) is 9.52. The first-order chi connectivity index (χ1) is 15.1. The van der Waals surface area contributed by atoms with Crippen LogP contribution < -0.4 is 5.32 Å². The molecule has 164 valence electrons. The maximum absolute atomic E-state index is 12.5. The number of alkyl carbamates (subject to hydrolysis) is 1. The molecular formula is C25H29NO5. The Morgan fingerprint density at radius 1 is 1.00 bits per heavy atom. The lowest BCUT2D eigenvalue weighted by Crippen LogP contribution is -2.43. The molecule has 1 amide bonds. The molecule has 2 aliphatic carbocycles. The zero-order valence-corrected chi connectivity index (χ0v) is 17.8. The van der Waals surface area contributed by atoms with Gasteiger partial charge in [-0.3, -0.25) is 0 Å². The Bertz CT molecular complexity index is 890. The third-order valence-electron chi connectivity index (χ3n) is 6.63. The first kappa shape index (κ1) is 21.4. The largest absolute Gasteiger partial charge is 0.480 e. The van der Waals surface area contributed by atoms with E-state index in [1.165, 1.54) is 0 Å². The average Bonchev–Trinajstić information content (AvgIpc) is 3.11. The Kier molecular flexibility index (Phi) is 6.56. The van der Waals surface area contributed by atoms with Crippen molar-refractivity contribution in [2.45, 2.75) is 50.2 Å². The first-order valence-electron chi connectivity index (χ1n) is 10.9. The molecule has 0 saturated heterocycles. The normalized spacial score (nSPS) is 21.1. The van der Waals surface area contributed by atoms with Crippen LogP contribution in [0.1, 0.15) is 49.1 Å². The minimum Gasteiger partial charge on any atom is -0.480 e. The van der Waals surface area contributed by atoms with Crippen LogP contribution in [0.4, 0.5) is 4.79 Å². The molecule has 0 radical (unpaired) electrons. The fourth-order valence-corrected chi connectivity index (χ4v) is 4.94. The van der Waals surface area contributed by atoms with Gasteiger partial charge in [0.25, 0.3) is 0 Å². The Labute approximate surface area is 182 Å². The quantitative estimate of drug-likeness (QED) is 0.681. The van der Waals surface area contributed by atoms with Crippen LogP contribution in [0.5, 0.6) is 0 Å². The zero-order valence-electron chi connectivity index (χ0n) is 17.8. The van der Waals surface area contributed by atoms with Gasteiger partial charge in [0.15, 0.2) is 0 Å².